The van der Waals surface area contributed by atoms with Crippen molar-refractivity contribution in [2.75, 3.05) is 30.5 Å². The van der Waals surface area contributed by atoms with Crippen LogP contribution in [0.15, 0.2) is 71.0 Å². The largest absolute Gasteiger partial charge is 0.372 e. The average Bonchev–Trinajstić information content (AvgIpc) is 3.68. The van der Waals surface area contributed by atoms with Gasteiger partial charge in [0.1, 0.15) is 5.71 Å². The summed E-state index contributed by atoms with van der Waals surface area (Å²) in [7, 11) is 0. The summed E-state index contributed by atoms with van der Waals surface area (Å²) in [6.07, 6.45) is 2.51. The van der Waals surface area contributed by atoms with Gasteiger partial charge in [0.25, 0.3) is 6.43 Å². The molecule has 6 rings (SSSR count). The number of rotatable bonds is 10. The second-order valence-corrected chi connectivity index (χ2v) is 14.5. The molecular weight excluding hydrogens is 584 g/mol. The molecule has 3 heterocycles. The van der Waals surface area contributed by atoms with E-state index in [1.54, 1.807) is 0 Å². The van der Waals surface area contributed by atoms with Gasteiger partial charge in [0.15, 0.2) is 0 Å². The van der Waals surface area contributed by atoms with Crippen molar-refractivity contribution < 1.29 is 8.78 Å². The average molecular weight is 628 g/mol. The van der Waals surface area contributed by atoms with Crippen molar-refractivity contribution in [3.8, 4) is 0 Å². The minimum atomic E-state index is -2.56. The molecule has 0 unspecified atom stereocenters. The zero-order valence-electron chi connectivity index (χ0n) is 25.6. The molecule has 0 bridgehead atoms. The molecule has 43 heavy (non-hydrogen) atoms. The predicted octanol–water partition coefficient (Wildman–Crippen LogP) is 8.54. The topological polar surface area (TPSA) is 34.4 Å². The maximum atomic E-state index is 12.9. The number of allylic oxidation sites excluding steroid dienone is 1. The van der Waals surface area contributed by atoms with Crippen LogP contribution in [0.2, 0.25) is 5.02 Å². The molecule has 1 saturated carbocycles. The molecule has 0 spiro atoms. The normalized spacial score (nSPS) is 19.6. The Balaban J connectivity index is 0.000000868. The minimum absolute atomic E-state index is 0.106. The van der Waals surface area contributed by atoms with Crippen LogP contribution in [-0.4, -0.2) is 65.1 Å². The molecule has 0 amide bonds. The molecule has 0 N–H and O–H groups in total. The summed E-state index contributed by atoms with van der Waals surface area (Å²) in [6, 6.07) is 16.7. The highest BCUT2D eigenvalue weighted by Crippen LogP contribution is 2.40. The van der Waals surface area contributed by atoms with Gasteiger partial charge < -0.3 is 9.21 Å². The van der Waals surface area contributed by atoms with E-state index < -0.39 is 6.43 Å². The number of hydrogen-bond donors (Lipinski definition) is 0. The Morgan fingerprint density at radius 3 is 2.28 bits per heavy atom. The van der Waals surface area contributed by atoms with E-state index in [0.29, 0.717) is 17.0 Å². The molecule has 0 radical (unpaired) electrons. The predicted molar refractivity (Wildman–Crippen MR) is 179 cm³/mol. The molecule has 9 heteroatoms. The number of anilines is 1. The molecular formula is C34H44ClF2N5S. The molecule has 1 aliphatic carbocycles. The van der Waals surface area contributed by atoms with Crippen LogP contribution in [0.3, 0.4) is 0 Å². The number of benzene rings is 2. The summed E-state index contributed by atoms with van der Waals surface area (Å²) in [4.78, 5) is 5.16. The van der Waals surface area contributed by atoms with Crippen molar-refractivity contribution in [3.05, 3.63) is 77.0 Å². The van der Waals surface area contributed by atoms with E-state index in [4.69, 9.17) is 11.6 Å². The highest BCUT2D eigenvalue weighted by atomic mass is 35.5. The zero-order chi connectivity index (χ0) is 30.5. The van der Waals surface area contributed by atoms with Crippen LogP contribution in [0.5, 0.6) is 0 Å². The zero-order valence-corrected chi connectivity index (χ0v) is 27.1. The van der Waals surface area contributed by atoms with Gasteiger partial charge in [-0.15, -0.1) is 0 Å². The number of hydrogen-bond acceptors (Lipinski definition) is 6. The van der Waals surface area contributed by atoms with Crippen molar-refractivity contribution in [3.63, 3.8) is 0 Å². The van der Waals surface area contributed by atoms with Gasteiger partial charge in [-0.05, 0) is 91.9 Å². The Morgan fingerprint density at radius 2 is 1.70 bits per heavy atom. The van der Waals surface area contributed by atoms with E-state index in [-0.39, 0.29) is 12.1 Å². The maximum absolute atomic E-state index is 12.9. The Bertz CT molecular complexity index is 1290. The van der Waals surface area contributed by atoms with Gasteiger partial charge >= 0.3 is 0 Å². The molecule has 3 fully saturated rings. The van der Waals surface area contributed by atoms with Gasteiger partial charge in [-0.3, -0.25) is 4.90 Å². The summed E-state index contributed by atoms with van der Waals surface area (Å²) < 4.78 is 28.2. The van der Waals surface area contributed by atoms with Crippen LogP contribution in [0, 0.1) is 11.8 Å². The maximum Gasteiger partial charge on any atom is 0.278 e. The summed E-state index contributed by atoms with van der Waals surface area (Å²) in [5.41, 5.74) is 4.86. The first kappa shape index (κ1) is 32.0. The van der Waals surface area contributed by atoms with Crippen LogP contribution >= 0.6 is 23.5 Å². The fraction of sp³-hybridized carbons (Fsp3) is 0.529. The van der Waals surface area contributed by atoms with Crippen LogP contribution in [0.25, 0.3) is 0 Å². The van der Waals surface area contributed by atoms with E-state index in [9.17, 15) is 8.78 Å². The molecule has 0 aromatic heterocycles. The van der Waals surface area contributed by atoms with Crippen LogP contribution in [0.1, 0.15) is 64.0 Å². The SMILES string of the molecule is C=C(C1CC1)N1CC(N2CCC(SN(Cc3ccc(C4=NN=C(C(F)F)C4)cc3)c3cccc(Cl)c3)CC2)C1.CC(C)C. The molecule has 5 nitrogen and oxygen atoms in total. The number of halogens is 3. The van der Waals surface area contributed by atoms with Crippen molar-refractivity contribution >= 4 is 40.7 Å². The van der Waals surface area contributed by atoms with Crippen LogP contribution in [0.4, 0.5) is 14.5 Å². The number of piperidine rings is 1. The second-order valence-electron chi connectivity index (χ2n) is 12.7. The highest BCUT2D eigenvalue weighted by Gasteiger charge is 2.38. The second kappa shape index (κ2) is 14.6. The van der Waals surface area contributed by atoms with E-state index in [1.165, 1.54) is 18.5 Å². The molecule has 232 valence electrons. The third-order valence-corrected chi connectivity index (χ3v) is 9.79. The minimum Gasteiger partial charge on any atom is -0.372 e. The van der Waals surface area contributed by atoms with Crippen LogP contribution < -0.4 is 4.31 Å². The van der Waals surface area contributed by atoms with Crippen molar-refractivity contribution in [1.29, 1.82) is 0 Å². The van der Waals surface area contributed by atoms with Gasteiger partial charge in [-0.1, -0.05) is 69.3 Å². The van der Waals surface area contributed by atoms with Crippen molar-refractivity contribution in [2.45, 2.75) is 77.1 Å². The van der Waals surface area contributed by atoms with E-state index in [2.05, 4.69) is 69.9 Å². The molecule has 3 aliphatic heterocycles. The standard InChI is InChI=1S/C30H34ClF2N5S.C4H10/c1-20(22-9-10-22)37-18-26(19-37)36-13-11-27(12-14-36)39-38(25-4-2-3-24(31)15-25)17-21-5-7-23(8-6-21)28-16-29(30(32)33)35-34-28;1-4(2)3/h2-8,15,22,26-27,30H,1,9-14,16-19H2;4H,1-3H3. The van der Waals surface area contributed by atoms with Gasteiger partial charge in [0.2, 0.25) is 0 Å². The Hall–Kier alpha value is -2.42. The fourth-order valence-electron chi connectivity index (χ4n) is 5.56. The molecule has 4 aliphatic rings. The number of nitrogens with zero attached hydrogens (tertiary/aromatic N) is 5. The molecule has 2 saturated heterocycles. The number of likely N-dealkylation sites (tertiary alicyclic amines) is 2. The summed E-state index contributed by atoms with van der Waals surface area (Å²) in [5.74, 6) is 1.59. The summed E-state index contributed by atoms with van der Waals surface area (Å²) in [5, 5.41) is 8.87. The highest BCUT2D eigenvalue weighted by molar-refractivity contribution is 8.01. The van der Waals surface area contributed by atoms with E-state index in [1.807, 2.05) is 42.3 Å². The number of alkyl halides is 2. The summed E-state index contributed by atoms with van der Waals surface area (Å²) >= 11 is 8.28. The van der Waals surface area contributed by atoms with Crippen molar-refractivity contribution in [2.24, 2.45) is 22.0 Å². The Labute approximate surface area is 265 Å². The third kappa shape index (κ3) is 8.83. The Kier molecular flexibility index (Phi) is 10.8. The van der Waals surface area contributed by atoms with Gasteiger partial charge in [0.05, 0.1) is 12.3 Å². The lowest BCUT2D eigenvalue weighted by Gasteiger charge is -2.49. The lowest BCUT2D eigenvalue weighted by molar-refractivity contribution is 0.0429. The first-order valence-corrected chi connectivity index (χ1v) is 16.8. The lowest BCUT2D eigenvalue weighted by atomic mass is 10.0. The van der Waals surface area contributed by atoms with E-state index in [0.717, 1.165) is 79.2 Å². The molecule has 0 atom stereocenters. The fourth-order valence-corrected chi connectivity index (χ4v) is 6.98. The van der Waals surface area contributed by atoms with Crippen molar-refractivity contribution in [1.82, 2.24) is 9.80 Å². The Morgan fingerprint density at radius 1 is 1.02 bits per heavy atom. The third-order valence-electron chi connectivity index (χ3n) is 8.20. The van der Waals surface area contributed by atoms with Crippen LogP contribution in [-0.2, 0) is 6.54 Å². The molecule has 2 aromatic carbocycles. The summed E-state index contributed by atoms with van der Waals surface area (Å²) in [6.45, 7) is 16.1. The van der Waals surface area contributed by atoms with Gasteiger partial charge in [-0.2, -0.15) is 10.2 Å². The smallest absolute Gasteiger partial charge is 0.278 e. The lowest BCUT2D eigenvalue weighted by Crippen LogP contribution is -2.60. The quantitative estimate of drug-likeness (QED) is 0.247. The first-order valence-electron chi connectivity index (χ1n) is 15.5. The monoisotopic (exact) mass is 627 g/mol. The van der Waals surface area contributed by atoms with E-state index >= 15 is 0 Å². The van der Waals surface area contributed by atoms with Gasteiger partial charge in [-0.25, -0.2) is 8.78 Å². The molecule has 2 aromatic rings. The van der Waals surface area contributed by atoms with Gasteiger partial charge in [0, 0.05) is 47.2 Å². The first-order chi connectivity index (χ1) is 20.7.